The lowest BCUT2D eigenvalue weighted by Gasteiger charge is -2.09. The molecule has 0 saturated heterocycles. The van der Waals surface area contributed by atoms with Gasteiger partial charge in [-0.1, -0.05) is 0 Å². The summed E-state index contributed by atoms with van der Waals surface area (Å²) in [5.41, 5.74) is 0.352. The number of ether oxygens (including phenoxy) is 3. The smallest absolute Gasteiger partial charge is 0.346 e. The van der Waals surface area contributed by atoms with Crippen LogP contribution in [0.15, 0.2) is 41.2 Å². The molecule has 2 rings (SSSR count). The van der Waals surface area contributed by atoms with E-state index in [1.807, 2.05) is 0 Å². The molecule has 1 heterocycles. The Bertz CT molecular complexity index is 530. The molecule has 94 valence electrons. The molecule has 0 spiro atoms. The van der Waals surface area contributed by atoms with Crippen molar-refractivity contribution in [3.63, 3.8) is 0 Å². The Morgan fingerprint density at radius 1 is 1.11 bits per heavy atom. The molecule has 0 unspecified atom stereocenters. The van der Waals surface area contributed by atoms with Gasteiger partial charge in [-0.2, -0.15) is 0 Å². The van der Waals surface area contributed by atoms with Gasteiger partial charge in [0.2, 0.25) is 0 Å². The second-order valence-electron chi connectivity index (χ2n) is 3.42. The lowest BCUT2D eigenvalue weighted by molar-refractivity contribution is 0.0733. The predicted octanol–water partition coefficient (Wildman–Crippen LogP) is 2.52. The summed E-state index contributed by atoms with van der Waals surface area (Å²) in [5.74, 6) is 0.949. The zero-order valence-corrected chi connectivity index (χ0v) is 10.0. The second-order valence-corrected chi connectivity index (χ2v) is 3.42. The van der Waals surface area contributed by atoms with Gasteiger partial charge in [-0.15, -0.1) is 0 Å². The minimum absolute atomic E-state index is 0.352. The lowest BCUT2D eigenvalue weighted by atomic mass is 10.3. The van der Waals surface area contributed by atoms with Crippen LogP contribution in [0.25, 0.3) is 0 Å². The van der Waals surface area contributed by atoms with Gasteiger partial charge in [0.05, 0.1) is 26.0 Å². The first kappa shape index (κ1) is 12.0. The Hall–Kier alpha value is -2.43. The highest BCUT2D eigenvalue weighted by Gasteiger charge is 2.12. The number of hydrogen-bond donors (Lipinski definition) is 0. The molecule has 0 fully saturated rings. The van der Waals surface area contributed by atoms with Crippen molar-refractivity contribution in [1.29, 1.82) is 0 Å². The Balaban J connectivity index is 2.17. The summed E-state index contributed by atoms with van der Waals surface area (Å²) in [6, 6.07) is 6.40. The van der Waals surface area contributed by atoms with Gasteiger partial charge in [-0.3, -0.25) is 0 Å². The van der Waals surface area contributed by atoms with E-state index in [1.54, 1.807) is 18.2 Å². The maximum atomic E-state index is 11.7. The third-order valence-electron chi connectivity index (χ3n) is 2.32. The van der Waals surface area contributed by atoms with Gasteiger partial charge in [0.25, 0.3) is 0 Å². The molecule has 0 aliphatic carbocycles. The van der Waals surface area contributed by atoms with E-state index in [2.05, 4.69) is 0 Å². The van der Waals surface area contributed by atoms with Crippen LogP contribution in [0.3, 0.4) is 0 Å². The van der Waals surface area contributed by atoms with Crippen LogP contribution in [-0.4, -0.2) is 20.2 Å². The molecular weight excluding hydrogens is 236 g/mol. The average Bonchev–Trinajstić information content (AvgIpc) is 2.92. The van der Waals surface area contributed by atoms with Crippen molar-refractivity contribution in [2.45, 2.75) is 0 Å². The highest BCUT2D eigenvalue weighted by molar-refractivity contribution is 5.90. The SMILES string of the molecule is COc1ccc(OC(=O)c2ccoc2)cc1OC. The van der Waals surface area contributed by atoms with Crippen molar-refractivity contribution >= 4 is 5.97 Å². The van der Waals surface area contributed by atoms with E-state index in [0.29, 0.717) is 22.8 Å². The van der Waals surface area contributed by atoms with E-state index in [4.69, 9.17) is 18.6 Å². The summed E-state index contributed by atoms with van der Waals surface area (Å²) in [5, 5.41) is 0. The summed E-state index contributed by atoms with van der Waals surface area (Å²) >= 11 is 0. The predicted molar refractivity (Wildman–Crippen MR) is 63.2 cm³/mol. The Morgan fingerprint density at radius 3 is 2.50 bits per heavy atom. The van der Waals surface area contributed by atoms with Crippen molar-refractivity contribution in [2.75, 3.05) is 14.2 Å². The van der Waals surface area contributed by atoms with Gasteiger partial charge in [0.1, 0.15) is 12.0 Å². The van der Waals surface area contributed by atoms with E-state index >= 15 is 0 Å². The number of rotatable bonds is 4. The Labute approximate surface area is 104 Å². The minimum Gasteiger partial charge on any atom is -0.493 e. The van der Waals surface area contributed by atoms with Crippen LogP contribution in [-0.2, 0) is 0 Å². The highest BCUT2D eigenvalue weighted by Crippen LogP contribution is 2.31. The largest absolute Gasteiger partial charge is 0.493 e. The molecule has 1 aromatic carbocycles. The molecular formula is C13H12O5. The molecule has 0 bridgehead atoms. The molecule has 1 aromatic heterocycles. The van der Waals surface area contributed by atoms with E-state index in [1.165, 1.54) is 32.8 Å². The first-order valence-electron chi connectivity index (χ1n) is 5.21. The van der Waals surface area contributed by atoms with Crippen molar-refractivity contribution in [1.82, 2.24) is 0 Å². The van der Waals surface area contributed by atoms with Crippen molar-refractivity contribution in [2.24, 2.45) is 0 Å². The molecule has 0 aliphatic rings. The van der Waals surface area contributed by atoms with Crippen molar-refractivity contribution in [3.8, 4) is 17.2 Å². The van der Waals surface area contributed by atoms with Gasteiger partial charge in [-0.25, -0.2) is 4.79 Å². The van der Waals surface area contributed by atoms with E-state index < -0.39 is 5.97 Å². The van der Waals surface area contributed by atoms with Crippen LogP contribution in [0.4, 0.5) is 0 Å². The van der Waals surface area contributed by atoms with Crippen LogP contribution in [0.1, 0.15) is 10.4 Å². The van der Waals surface area contributed by atoms with Gasteiger partial charge in [-0.05, 0) is 18.2 Å². The molecule has 5 nitrogen and oxygen atoms in total. The molecule has 0 N–H and O–H groups in total. The van der Waals surface area contributed by atoms with Gasteiger partial charge < -0.3 is 18.6 Å². The number of esters is 1. The third kappa shape index (κ3) is 2.45. The zero-order chi connectivity index (χ0) is 13.0. The molecule has 0 amide bonds. The summed E-state index contributed by atoms with van der Waals surface area (Å²) < 4.78 is 20.2. The van der Waals surface area contributed by atoms with Crippen molar-refractivity contribution < 1.29 is 23.4 Å². The fourth-order valence-corrected chi connectivity index (χ4v) is 1.43. The second kappa shape index (κ2) is 5.27. The molecule has 0 saturated carbocycles. The number of furan rings is 1. The fraction of sp³-hybridized carbons (Fsp3) is 0.154. The number of hydrogen-bond acceptors (Lipinski definition) is 5. The summed E-state index contributed by atoms with van der Waals surface area (Å²) in [7, 11) is 3.05. The quantitative estimate of drug-likeness (QED) is 0.614. The number of methoxy groups -OCH3 is 2. The molecule has 2 aromatic rings. The topological polar surface area (TPSA) is 57.9 Å². The Morgan fingerprint density at radius 2 is 1.89 bits per heavy atom. The first-order chi connectivity index (χ1) is 8.74. The molecule has 5 heteroatoms. The number of benzene rings is 1. The van der Waals surface area contributed by atoms with Crippen LogP contribution >= 0.6 is 0 Å². The number of carbonyl (C=O) groups is 1. The monoisotopic (exact) mass is 248 g/mol. The lowest BCUT2D eigenvalue weighted by Crippen LogP contribution is -2.07. The maximum Gasteiger partial charge on any atom is 0.346 e. The van der Waals surface area contributed by atoms with Gasteiger partial charge in [0.15, 0.2) is 11.5 Å². The van der Waals surface area contributed by atoms with Crippen LogP contribution in [0.2, 0.25) is 0 Å². The fourth-order valence-electron chi connectivity index (χ4n) is 1.43. The molecule has 0 radical (unpaired) electrons. The van der Waals surface area contributed by atoms with Crippen LogP contribution in [0.5, 0.6) is 17.2 Å². The summed E-state index contributed by atoms with van der Waals surface area (Å²) in [4.78, 5) is 11.7. The van der Waals surface area contributed by atoms with E-state index in [0.717, 1.165) is 0 Å². The third-order valence-corrected chi connectivity index (χ3v) is 2.32. The number of carbonyl (C=O) groups excluding carboxylic acids is 1. The summed E-state index contributed by atoms with van der Waals surface area (Å²) in [6.07, 6.45) is 2.73. The van der Waals surface area contributed by atoms with Crippen molar-refractivity contribution in [3.05, 3.63) is 42.4 Å². The molecule has 0 aliphatic heterocycles. The van der Waals surface area contributed by atoms with E-state index in [-0.39, 0.29) is 0 Å². The van der Waals surface area contributed by atoms with Crippen LogP contribution < -0.4 is 14.2 Å². The van der Waals surface area contributed by atoms with Gasteiger partial charge in [0, 0.05) is 6.07 Å². The molecule has 0 atom stereocenters. The normalized spacial score (nSPS) is 9.89. The molecule has 18 heavy (non-hydrogen) atoms. The zero-order valence-electron chi connectivity index (χ0n) is 10.0. The van der Waals surface area contributed by atoms with E-state index in [9.17, 15) is 4.79 Å². The summed E-state index contributed by atoms with van der Waals surface area (Å²) in [6.45, 7) is 0. The van der Waals surface area contributed by atoms with Crippen LogP contribution in [0, 0.1) is 0 Å². The van der Waals surface area contributed by atoms with Gasteiger partial charge >= 0.3 is 5.97 Å². The standard InChI is InChI=1S/C13H12O5/c1-15-11-4-3-10(7-12(11)16-2)18-13(14)9-5-6-17-8-9/h3-8H,1-2H3. The first-order valence-corrected chi connectivity index (χ1v) is 5.21. The average molecular weight is 248 g/mol. The Kier molecular flexibility index (Phi) is 3.52. The maximum absolute atomic E-state index is 11.7. The highest BCUT2D eigenvalue weighted by atomic mass is 16.5. The minimum atomic E-state index is -0.490.